The number of halogens is 3. The molecule has 40 heavy (non-hydrogen) atoms. The van der Waals surface area contributed by atoms with Crippen LogP contribution in [-0.2, 0) is 16.0 Å². The molecule has 0 heterocycles. The number of hydrogen-bond acceptors (Lipinski definition) is 5. The van der Waals surface area contributed by atoms with E-state index < -0.39 is 17.9 Å². The Bertz CT molecular complexity index is 1220. The summed E-state index contributed by atoms with van der Waals surface area (Å²) < 4.78 is 30.1. The number of ether oxygens (including phenoxy) is 3. The molecule has 0 aliphatic carbocycles. The SMILES string of the molecule is CCOC(Cc1ccc(OCCN(CCCOc2cc(Cl)cc(Cl)c2)C(=O)Nc2ccc(F)cc2)cc1)C(=O)O. The summed E-state index contributed by atoms with van der Waals surface area (Å²) in [6.07, 6.45) is -0.158. The summed E-state index contributed by atoms with van der Waals surface area (Å²) in [6.45, 7) is 3.21. The van der Waals surface area contributed by atoms with E-state index in [0.717, 1.165) is 5.56 Å². The third kappa shape index (κ3) is 10.6. The van der Waals surface area contributed by atoms with E-state index in [9.17, 15) is 19.1 Å². The van der Waals surface area contributed by atoms with Gasteiger partial charge in [-0.2, -0.15) is 0 Å². The van der Waals surface area contributed by atoms with Gasteiger partial charge in [0.05, 0.1) is 13.2 Å². The standard InChI is InChI=1S/C29H31Cl2FN2O6/c1-2-38-27(28(35)36)16-20-4-10-25(11-5-20)40-15-13-34(29(37)33-24-8-6-23(32)7-9-24)12-3-14-39-26-18-21(30)17-22(31)19-26/h4-11,17-19,27H,2-3,12-16H2,1H3,(H,33,37)(H,35,36). The lowest BCUT2D eigenvalue weighted by Gasteiger charge is -2.23. The molecule has 214 valence electrons. The van der Waals surface area contributed by atoms with Gasteiger partial charge in [0.25, 0.3) is 0 Å². The molecule has 0 aliphatic rings. The van der Waals surface area contributed by atoms with Gasteiger partial charge in [-0.15, -0.1) is 0 Å². The molecule has 3 aromatic carbocycles. The molecule has 1 atom stereocenters. The maximum atomic E-state index is 13.3. The van der Waals surface area contributed by atoms with Gasteiger partial charge in [0.15, 0.2) is 6.10 Å². The first-order chi connectivity index (χ1) is 19.2. The number of nitrogens with one attached hydrogen (secondary N) is 1. The highest BCUT2D eigenvalue weighted by molar-refractivity contribution is 6.34. The van der Waals surface area contributed by atoms with Crippen molar-refractivity contribution in [2.75, 3.05) is 38.2 Å². The zero-order chi connectivity index (χ0) is 28.9. The summed E-state index contributed by atoms with van der Waals surface area (Å²) >= 11 is 12.0. The highest BCUT2D eigenvalue weighted by Crippen LogP contribution is 2.24. The lowest BCUT2D eigenvalue weighted by Crippen LogP contribution is -2.39. The molecule has 0 fully saturated rings. The number of carbonyl (C=O) groups excluding carboxylic acids is 1. The van der Waals surface area contributed by atoms with E-state index in [1.807, 2.05) is 0 Å². The zero-order valence-corrected chi connectivity index (χ0v) is 23.5. The maximum Gasteiger partial charge on any atom is 0.333 e. The molecule has 8 nitrogen and oxygen atoms in total. The lowest BCUT2D eigenvalue weighted by atomic mass is 10.1. The number of nitrogens with zero attached hydrogens (tertiary/aromatic N) is 1. The second-order valence-corrected chi connectivity index (χ2v) is 9.58. The fraction of sp³-hybridized carbons (Fsp3) is 0.310. The van der Waals surface area contributed by atoms with E-state index in [0.29, 0.717) is 53.4 Å². The first kappa shape index (κ1) is 31.0. The van der Waals surface area contributed by atoms with Crippen molar-refractivity contribution in [2.45, 2.75) is 25.9 Å². The van der Waals surface area contributed by atoms with Crippen LogP contribution in [-0.4, -0.2) is 61.0 Å². The molecule has 0 saturated heterocycles. The summed E-state index contributed by atoms with van der Waals surface area (Å²) in [4.78, 5) is 25.9. The molecule has 0 radical (unpaired) electrons. The van der Waals surface area contributed by atoms with Crippen LogP contribution < -0.4 is 14.8 Å². The van der Waals surface area contributed by atoms with Crippen LogP contribution in [0.2, 0.25) is 10.0 Å². The van der Waals surface area contributed by atoms with Crippen molar-refractivity contribution in [1.82, 2.24) is 4.90 Å². The van der Waals surface area contributed by atoms with Crippen LogP contribution in [0.25, 0.3) is 0 Å². The molecule has 3 aromatic rings. The summed E-state index contributed by atoms with van der Waals surface area (Å²) in [5, 5.41) is 13.0. The number of carbonyl (C=O) groups is 2. The lowest BCUT2D eigenvalue weighted by molar-refractivity contribution is -0.149. The van der Waals surface area contributed by atoms with Crippen LogP contribution in [0, 0.1) is 5.82 Å². The smallest absolute Gasteiger partial charge is 0.333 e. The monoisotopic (exact) mass is 592 g/mol. The Hall–Kier alpha value is -3.53. The second kappa shape index (κ2) is 15.9. The second-order valence-electron chi connectivity index (χ2n) is 8.71. The van der Waals surface area contributed by atoms with E-state index >= 15 is 0 Å². The molecule has 0 spiro atoms. The first-order valence-electron chi connectivity index (χ1n) is 12.7. The van der Waals surface area contributed by atoms with Gasteiger partial charge in [-0.3, -0.25) is 0 Å². The molecule has 11 heteroatoms. The molecule has 2 amide bonds. The Kier molecular flexibility index (Phi) is 12.3. The largest absolute Gasteiger partial charge is 0.493 e. The molecule has 2 N–H and O–H groups in total. The molecule has 3 rings (SSSR count). The van der Waals surface area contributed by atoms with Crippen molar-refractivity contribution in [1.29, 1.82) is 0 Å². The Morgan fingerprint density at radius 2 is 1.57 bits per heavy atom. The highest BCUT2D eigenvalue weighted by Gasteiger charge is 2.18. The van der Waals surface area contributed by atoms with Crippen LogP contribution in [0.15, 0.2) is 66.7 Å². The van der Waals surface area contributed by atoms with Crippen LogP contribution in [0.4, 0.5) is 14.9 Å². The normalized spacial score (nSPS) is 11.5. The number of urea groups is 1. The van der Waals surface area contributed by atoms with Gasteiger partial charge >= 0.3 is 12.0 Å². The highest BCUT2D eigenvalue weighted by atomic mass is 35.5. The number of hydrogen-bond donors (Lipinski definition) is 2. The van der Waals surface area contributed by atoms with Crippen molar-refractivity contribution >= 4 is 40.9 Å². The van der Waals surface area contributed by atoms with E-state index in [-0.39, 0.29) is 25.6 Å². The van der Waals surface area contributed by atoms with Crippen LogP contribution in [0.3, 0.4) is 0 Å². The van der Waals surface area contributed by atoms with Gasteiger partial charge in [0.1, 0.15) is 23.9 Å². The summed E-state index contributed by atoms with van der Waals surface area (Å²) in [7, 11) is 0. The molecule has 0 saturated carbocycles. The average Bonchev–Trinajstić information content (AvgIpc) is 2.91. The number of amides is 2. The summed E-state index contributed by atoms with van der Waals surface area (Å²) in [5.74, 6) is -0.304. The number of carboxylic acid groups (broad SMARTS) is 1. The van der Waals surface area contributed by atoms with Crippen molar-refractivity contribution < 1.29 is 33.3 Å². The van der Waals surface area contributed by atoms with Crippen LogP contribution in [0.1, 0.15) is 18.9 Å². The van der Waals surface area contributed by atoms with Gasteiger partial charge in [-0.1, -0.05) is 35.3 Å². The summed E-state index contributed by atoms with van der Waals surface area (Å²) in [6, 6.07) is 17.1. The van der Waals surface area contributed by atoms with E-state index in [1.165, 1.54) is 24.3 Å². The van der Waals surface area contributed by atoms with E-state index in [4.69, 9.17) is 37.4 Å². The number of anilines is 1. The van der Waals surface area contributed by atoms with Crippen molar-refractivity contribution in [3.8, 4) is 11.5 Å². The number of carboxylic acids is 1. The quantitative estimate of drug-likeness (QED) is 0.194. The third-order valence-corrected chi connectivity index (χ3v) is 6.11. The molecular formula is C29H31Cl2FN2O6. The van der Waals surface area contributed by atoms with Gasteiger partial charge in [-0.25, -0.2) is 14.0 Å². The third-order valence-electron chi connectivity index (χ3n) is 5.68. The van der Waals surface area contributed by atoms with Crippen molar-refractivity contribution in [3.05, 3.63) is 88.2 Å². The Balaban J connectivity index is 1.55. The van der Waals surface area contributed by atoms with E-state index in [2.05, 4.69) is 5.32 Å². The van der Waals surface area contributed by atoms with Crippen LogP contribution >= 0.6 is 23.2 Å². The Labute approximate surface area is 242 Å². The molecular weight excluding hydrogens is 562 g/mol. The Morgan fingerprint density at radius 3 is 2.20 bits per heavy atom. The van der Waals surface area contributed by atoms with Gasteiger partial charge in [0.2, 0.25) is 0 Å². The predicted octanol–water partition coefficient (Wildman–Crippen LogP) is 6.55. The molecule has 0 aliphatic heterocycles. The van der Waals surface area contributed by atoms with E-state index in [1.54, 1.807) is 54.3 Å². The minimum atomic E-state index is -1.01. The van der Waals surface area contributed by atoms with Gasteiger partial charge in [0, 0.05) is 35.3 Å². The number of aliphatic carboxylic acids is 1. The summed E-state index contributed by atoms with van der Waals surface area (Å²) in [5.41, 5.74) is 1.26. The number of benzene rings is 3. The number of rotatable bonds is 15. The fourth-order valence-electron chi connectivity index (χ4n) is 3.74. The first-order valence-corrected chi connectivity index (χ1v) is 13.5. The minimum Gasteiger partial charge on any atom is -0.493 e. The topological polar surface area (TPSA) is 97.3 Å². The maximum absolute atomic E-state index is 13.3. The van der Waals surface area contributed by atoms with Gasteiger partial charge in [-0.05, 0) is 73.5 Å². The molecule has 0 bridgehead atoms. The minimum absolute atomic E-state index is 0.206. The Morgan fingerprint density at radius 1 is 0.925 bits per heavy atom. The fourth-order valence-corrected chi connectivity index (χ4v) is 4.24. The van der Waals surface area contributed by atoms with Crippen molar-refractivity contribution in [3.63, 3.8) is 0 Å². The van der Waals surface area contributed by atoms with Crippen LogP contribution in [0.5, 0.6) is 11.5 Å². The zero-order valence-electron chi connectivity index (χ0n) is 21.9. The van der Waals surface area contributed by atoms with Gasteiger partial charge < -0.3 is 29.5 Å². The van der Waals surface area contributed by atoms with Crippen molar-refractivity contribution in [2.24, 2.45) is 0 Å². The average molecular weight is 593 g/mol. The predicted molar refractivity (Wildman–Crippen MR) is 152 cm³/mol. The molecule has 0 aromatic heterocycles. The molecule has 1 unspecified atom stereocenters.